The van der Waals surface area contributed by atoms with E-state index in [1.165, 1.54) is 11.9 Å². The predicted molar refractivity (Wildman–Crippen MR) is 89.8 cm³/mol. The fourth-order valence-corrected chi connectivity index (χ4v) is 3.33. The zero-order valence-corrected chi connectivity index (χ0v) is 14.3. The van der Waals surface area contributed by atoms with E-state index in [1.54, 1.807) is 6.07 Å². The molecule has 122 valence electrons. The molecule has 0 aliphatic carbocycles. The van der Waals surface area contributed by atoms with Crippen LogP contribution in [0.2, 0.25) is 5.02 Å². The van der Waals surface area contributed by atoms with Gasteiger partial charge in [0.2, 0.25) is 5.91 Å². The molecule has 0 atom stereocenters. The minimum atomic E-state index is -0.529. The number of rotatable bonds is 3. The number of nitrogens with zero attached hydrogens (tertiary/aromatic N) is 4. The Kier molecular flexibility index (Phi) is 4.02. The first-order valence-electron chi connectivity index (χ1n) is 7.63. The van der Waals surface area contributed by atoms with Crippen LogP contribution in [-0.4, -0.2) is 27.0 Å². The summed E-state index contributed by atoms with van der Waals surface area (Å²) in [5.74, 6) is 1.62. The van der Waals surface area contributed by atoms with Crippen molar-refractivity contribution < 1.29 is 4.79 Å². The highest BCUT2D eigenvalue weighted by atomic mass is 35.5. The Hall–Kier alpha value is -2.08. The number of aromatic nitrogens is 3. The zero-order valence-electron chi connectivity index (χ0n) is 13.5. The molecular weight excluding hydrogens is 314 g/mol. The third kappa shape index (κ3) is 2.79. The summed E-state index contributed by atoms with van der Waals surface area (Å²) in [7, 11) is 2.07. The van der Waals surface area contributed by atoms with Gasteiger partial charge in [-0.05, 0) is 6.07 Å². The molecule has 6 nitrogen and oxygen atoms in total. The van der Waals surface area contributed by atoms with Gasteiger partial charge in [-0.25, -0.2) is 9.97 Å². The predicted octanol–water partition coefficient (Wildman–Crippen LogP) is 2.25. The van der Waals surface area contributed by atoms with Gasteiger partial charge in [0.05, 0.1) is 22.8 Å². The van der Waals surface area contributed by atoms with Crippen molar-refractivity contribution in [3.8, 4) is 0 Å². The van der Waals surface area contributed by atoms with Crippen LogP contribution in [0.5, 0.6) is 0 Å². The number of nitrogens with two attached hydrogens (primary N) is 1. The second kappa shape index (κ2) is 5.85. The topological polar surface area (TPSA) is 77.0 Å². The van der Waals surface area contributed by atoms with Crippen molar-refractivity contribution in [3.05, 3.63) is 40.1 Å². The van der Waals surface area contributed by atoms with Crippen molar-refractivity contribution in [1.82, 2.24) is 14.5 Å². The first kappa shape index (κ1) is 15.8. The average Bonchev–Trinajstić information content (AvgIpc) is 2.84. The van der Waals surface area contributed by atoms with Crippen molar-refractivity contribution in [1.29, 1.82) is 0 Å². The molecule has 1 amide bonds. The molecule has 0 radical (unpaired) electrons. The highest BCUT2D eigenvalue weighted by Crippen LogP contribution is 2.30. The summed E-state index contributed by atoms with van der Waals surface area (Å²) in [6, 6.07) is 1.57. The van der Waals surface area contributed by atoms with Crippen LogP contribution in [0, 0.1) is 0 Å². The van der Waals surface area contributed by atoms with Crippen molar-refractivity contribution in [2.45, 2.75) is 32.7 Å². The molecule has 7 heteroatoms. The number of carbonyl (C=O) groups excluding carboxylic acids is 1. The molecule has 2 aromatic rings. The molecule has 0 unspecified atom stereocenters. The van der Waals surface area contributed by atoms with Gasteiger partial charge in [-0.2, -0.15) is 0 Å². The van der Waals surface area contributed by atoms with Crippen LogP contribution in [0.3, 0.4) is 0 Å². The summed E-state index contributed by atoms with van der Waals surface area (Å²) in [5, 5.41) is 0.435. The van der Waals surface area contributed by atoms with E-state index in [2.05, 4.69) is 35.3 Å². The van der Waals surface area contributed by atoms with E-state index in [1.807, 2.05) is 0 Å². The van der Waals surface area contributed by atoms with Crippen LogP contribution in [-0.2, 0) is 20.0 Å². The van der Waals surface area contributed by atoms with Crippen LogP contribution in [0.25, 0.3) is 0 Å². The van der Waals surface area contributed by atoms with Gasteiger partial charge in [0.1, 0.15) is 11.6 Å². The molecule has 0 bridgehead atoms. The van der Waals surface area contributed by atoms with Crippen molar-refractivity contribution >= 4 is 23.3 Å². The van der Waals surface area contributed by atoms with Gasteiger partial charge in [-0.1, -0.05) is 25.4 Å². The Bertz CT molecular complexity index is 768. The average molecular weight is 334 g/mol. The first-order chi connectivity index (χ1) is 10.9. The molecular formula is C16H20ClN5O. The summed E-state index contributed by atoms with van der Waals surface area (Å²) >= 11 is 6.28. The van der Waals surface area contributed by atoms with E-state index in [0.29, 0.717) is 28.9 Å². The number of hydrogen-bond acceptors (Lipinski definition) is 4. The van der Waals surface area contributed by atoms with E-state index >= 15 is 0 Å². The Morgan fingerprint density at radius 1 is 1.43 bits per heavy atom. The molecule has 0 fully saturated rings. The SMILES string of the molecule is CC(C)c1nc2c(n1C)CCN(c1ncc(C(N)=O)cc1Cl)C2. The van der Waals surface area contributed by atoms with Gasteiger partial charge >= 0.3 is 0 Å². The Morgan fingerprint density at radius 2 is 2.17 bits per heavy atom. The maximum Gasteiger partial charge on any atom is 0.250 e. The number of hydrogen-bond donors (Lipinski definition) is 1. The number of amides is 1. The number of imidazole rings is 1. The second-order valence-corrected chi connectivity index (χ2v) is 6.55. The second-order valence-electron chi connectivity index (χ2n) is 6.14. The first-order valence-corrected chi connectivity index (χ1v) is 8.01. The van der Waals surface area contributed by atoms with Crippen LogP contribution in [0.15, 0.2) is 12.3 Å². The van der Waals surface area contributed by atoms with E-state index in [0.717, 1.165) is 24.5 Å². The Labute approximate surface area is 140 Å². The summed E-state index contributed by atoms with van der Waals surface area (Å²) in [4.78, 5) is 22.4. The Morgan fingerprint density at radius 3 is 2.78 bits per heavy atom. The van der Waals surface area contributed by atoms with Gasteiger partial charge in [-0.3, -0.25) is 4.79 Å². The molecule has 3 heterocycles. The molecule has 0 aromatic carbocycles. The maximum absolute atomic E-state index is 11.2. The lowest BCUT2D eigenvalue weighted by Gasteiger charge is -2.28. The molecule has 3 rings (SSSR count). The quantitative estimate of drug-likeness (QED) is 0.934. The van der Waals surface area contributed by atoms with E-state index in [-0.39, 0.29) is 0 Å². The molecule has 0 spiro atoms. The van der Waals surface area contributed by atoms with Crippen molar-refractivity contribution in [3.63, 3.8) is 0 Å². The Balaban J connectivity index is 1.90. The van der Waals surface area contributed by atoms with E-state index in [9.17, 15) is 4.79 Å². The zero-order chi connectivity index (χ0) is 16.7. The summed E-state index contributed by atoms with van der Waals surface area (Å²) in [6.07, 6.45) is 2.36. The molecule has 0 saturated carbocycles. The van der Waals surface area contributed by atoms with Crippen molar-refractivity contribution in [2.75, 3.05) is 11.4 Å². The van der Waals surface area contributed by atoms with Crippen LogP contribution >= 0.6 is 11.6 Å². The number of primary amides is 1. The summed E-state index contributed by atoms with van der Waals surface area (Å²) in [6.45, 7) is 5.77. The van der Waals surface area contributed by atoms with Gasteiger partial charge in [0.15, 0.2) is 0 Å². The lowest BCUT2D eigenvalue weighted by atomic mass is 10.1. The third-order valence-corrected chi connectivity index (χ3v) is 4.49. The van der Waals surface area contributed by atoms with Crippen LogP contribution in [0.4, 0.5) is 5.82 Å². The fourth-order valence-electron chi connectivity index (χ4n) is 3.04. The lowest BCUT2D eigenvalue weighted by Crippen LogP contribution is -2.32. The maximum atomic E-state index is 11.2. The molecule has 23 heavy (non-hydrogen) atoms. The van der Waals surface area contributed by atoms with Crippen molar-refractivity contribution in [2.24, 2.45) is 12.8 Å². The number of pyridine rings is 1. The summed E-state index contributed by atoms with van der Waals surface area (Å²) < 4.78 is 2.20. The van der Waals surface area contributed by atoms with E-state index in [4.69, 9.17) is 22.3 Å². The molecule has 0 saturated heterocycles. The minimum absolute atomic E-state index is 0.316. The summed E-state index contributed by atoms with van der Waals surface area (Å²) in [5.41, 5.74) is 7.92. The number of halogens is 1. The molecule has 2 aromatic heterocycles. The van der Waals surface area contributed by atoms with Gasteiger partial charge in [0.25, 0.3) is 0 Å². The molecule has 2 N–H and O–H groups in total. The number of carbonyl (C=O) groups is 1. The molecule has 1 aliphatic heterocycles. The third-order valence-electron chi connectivity index (χ3n) is 4.21. The monoisotopic (exact) mass is 333 g/mol. The highest BCUT2D eigenvalue weighted by molar-refractivity contribution is 6.33. The highest BCUT2D eigenvalue weighted by Gasteiger charge is 2.25. The normalized spacial score (nSPS) is 14.2. The smallest absolute Gasteiger partial charge is 0.250 e. The standard InChI is InChI=1S/C16H20ClN5O/c1-9(2)15-20-12-8-22(5-4-13(12)21(15)3)16-11(17)6-10(7-19-16)14(18)23/h6-7,9H,4-5,8H2,1-3H3,(H2,18,23). The molecule has 1 aliphatic rings. The van der Waals surface area contributed by atoms with Crippen LogP contribution in [0.1, 0.15) is 47.3 Å². The number of fused-ring (bicyclic) bond motifs is 1. The largest absolute Gasteiger partial charge is 0.366 e. The lowest BCUT2D eigenvalue weighted by molar-refractivity contribution is 0.1000. The minimum Gasteiger partial charge on any atom is -0.366 e. The van der Waals surface area contributed by atoms with Gasteiger partial charge in [0, 0.05) is 37.8 Å². The van der Waals surface area contributed by atoms with Gasteiger partial charge in [-0.15, -0.1) is 0 Å². The number of anilines is 1. The van der Waals surface area contributed by atoms with Crippen LogP contribution < -0.4 is 10.6 Å². The van der Waals surface area contributed by atoms with Gasteiger partial charge < -0.3 is 15.2 Å². The van der Waals surface area contributed by atoms with E-state index < -0.39 is 5.91 Å². The fraction of sp³-hybridized carbons (Fsp3) is 0.438.